The van der Waals surface area contributed by atoms with E-state index >= 15 is 0 Å². The van der Waals surface area contributed by atoms with Crippen molar-refractivity contribution in [1.82, 2.24) is 9.88 Å². The van der Waals surface area contributed by atoms with Crippen LogP contribution < -0.4 is 0 Å². The molecule has 98 valence electrons. The fourth-order valence-electron chi connectivity index (χ4n) is 2.50. The molecule has 3 heteroatoms. The number of aromatic nitrogens is 1. The standard InChI is InChI=1S/C17H15N3/c1-20(2)15-6-5-12(8-15)16-9-13-4-3-7-19-17(13)10-14(16)11-18/h3-10,12H,1-2H3. The number of fused-ring (bicyclic) bond motifs is 1. The summed E-state index contributed by atoms with van der Waals surface area (Å²) in [4.78, 5) is 6.38. The largest absolute Gasteiger partial charge is 0.378 e. The van der Waals surface area contributed by atoms with Gasteiger partial charge in [-0.05, 0) is 35.9 Å². The lowest BCUT2D eigenvalue weighted by molar-refractivity contribution is 0.530. The lowest BCUT2D eigenvalue weighted by Crippen LogP contribution is -2.07. The fourth-order valence-corrected chi connectivity index (χ4v) is 2.50. The van der Waals surface area contributed by atoms with Crippen molar-refractivity contribution in [2.24, 2.45) is 0 Å². The molecule has 20 heavy (non-hydrogen) atoms. The first-order valence-corrected chi connectivity index (χ1v) is 6.55. The number of nitrogens with zero attached hydrogens (tertiary/aromatic N) is 3. The first kappa shape index (κ1) is 12.4. The molecular weight excluding hydrogens is 246 g/mol. The van der Waals surface area contributed by atoms with E-state index in [1.54, 1.807) is 6.20 Å². The van der Waals surface area contributed by atoms with Gasteiger partial charge in [-0.2, -0.15) is 5.26 Å². The molecular formula is C17H15N3. The van der Waals surface area contributed by atoms with Crippen molar-refractivity contribution in [2.45, 2.75) is 5.92 Å². The quantitative estimate of drug-likeness (QED) is 0.833. The summed E-state index contributed by atoms with van der Waals surface area (Å²) in [6.07, 6.45) is 8.16. The van der Waals surface area contributed by atoms with Crippen molar-refractivity contribution in [3.8, 4) is 6.07 Å². The van der Waals surface area contributed by atoms with Crippen molar-refractivity contribution in [2.75, 3.05) is 14.1 Å². The van der Waals surface area contributed by atoms with Crippen LogP contribution in [-0.4, -0.2) is 24.0 Å². The first-order chi connectivity index (χ1) is 9.69. The molecule has 2 aromatic rings. The van der Waals surface area contributed by atoms with Gasteiger partial charge < -0.3 is 4.90 Å². The Balaban J connectivity index is 2.13. The van der Waals surface area contributed by atoms with Gasteiger partial charge in [-0.15, -0.1) is 0 Å². The van der Waals surface area contributed by atoms with Crippen LogP contribution in [0.1, 0.15) is 17.0 Å². The minimum absolute atomic E-state index is 0.159. The van der Waals surface area contributed by atoms with Crippen molar-refractivity contribution in [3.63, 3.8) is 0 Å². The predicted molar refractivity (Wildman–Crippen MR) is 80.1 cm³/mol. The summed E-state index contributed by atoms with van der Waals surface area (Å²) >= 11 is 0. The summed E-state index contributed by atoms with van der Waals surface area (Å²) in [5, 5.41) is 10.5. The summed E-state index contributed by atoms with van der Waals surface area (Å²) in [6, 6.07) is 10.2. The molecule has 1 heterocycles. The van der Waals surface area contributed by atoms with E-state index in [0.29, 0.717) is 5.56 Å². The molecule has 0 saturated heterocycles. The third-order valence-electron chi connectivity index (χ3n) is 3.59. The highest BCUT2D eigenvalue weighted by Crippen LogP contribution is 2.31. The van der Waals surface area contributed by atoms with Crippen molar-refractivity contribution in [3.05, 3.63) is 65.5 Å². The number of hydrogen-bond donors (Lipinski definition) is 0. The maximum Gasteiger partial charge on any atom is 0.0995 e. The molecule has 0 saturated carbocycles. The average Bonchev–Trinajstić information content (AvgIpc) is 2.95. The van der Waals surface area contributed by atoms with Crippen LogP contribution in [0.25, 0.3) is 10.9 Å². The minimum Gasteiger partial charge on any atom is -0.378 e. The molecule has 0 spiro atoms. The molecule has 1 unspecified atom stereocenters. The van der Waals surface area contributed by atoms with E-state index in [9.17, 15) is 5.26 Å². The summed E-state index contributed by atoms with van der Waals surface area (Å²) in [6.45, 7) is 0. The molecule has 0 fully saturated rings. The molecule has 0 amide bonds. The molecule has 0 aliphatic heterocycles. The predicted octanol–water partition coefficient (Wildman–Crippen LogP) is 3.21. The van der Waals surface area contributed by atoms with Crippen LogP contribution in [-0.2, 0) is 0 Å². The topological polar surface area (TPSA) is 39.9 Å². The number of nitriles is 1. The van der Waals surface area contributed by atoms with Crippen molar-refractivity contribution in [1.29, 1.82) is 5.26 Å². The van der Waals surface area contributed by atoms with Crippen LogP contribution in [0.4, 0.5) is 0 Å². The van der Waals surface area contributed by atoms with E-state index in [-0.39, 0.29) is 5.92 Å². The lowest BCUT2D eigenvalue weighted by Gasteiger charge is -2.12. The molecule has 1 aliphatic carbocycles. The second-order valence-electron chi connectivity index (χ2n) is 5.12. The fraction of sp³-hybridized carbons (Fsp3) is 0.176. The Kier molecular flexibility index (Phi) is 3.00. The van der Waals surface area contributed by atoms with Gasteiger partial charge in [0.2, 0.25) is 0 Å². The minimum atomic E-state index is 0.159. The van der Waals surface area contributed by atoms with Crippen LogP contribution >= 0.6 is 0 Å². The Morgan fingerprint density at radius 3 is 2.85 bits per heavy atom. The van der Waals surface area contributed by atoms with E-state index in [0.717, 1.165) is 16.5 Å². The Labute approximate surface area is 118 Å². The number of benzene rings is 1. The molecule has 0 N–H and O–H groups in total. The van der Waals surface area contributed by atoms with E-state index in [4.69, 9.17) is 0 Å². The third kappa shape index (κ3) is 2.06. The Morgan fingerprint density at radius 1 is 1.30 bits per heavy atom. The number of allylic oxidation sites excluding steroid dienone is 3. The van der Waals surface area contributed by atoms with Gasteiger partial charge in [0, 0.05) is 37.3 Å². The summed E-state index contributed by atoms with van der Waals surface area (Å²) < 4.78 is 0. The monoisotopic (exact) mass is 261 g/mol. The van der Waals surface area contributed by atoms with Gasteiger partial charge in [-0.1, -0.05) is 12.1 Å². The highest BCUT2D eigenvalue weighted by Gasteiger charge is 2.17. The number of likely N-dealkylation sites (N-methyl/N-ethyl adjacent to an activating group) is 1. The lowest BCUT2D eigenvalue weighted by atomic mass is 9.94. The van der Waals surface area contributed by atoms with Crippen molar-refractivity contribution < 1.29 is 0 Å². The Bertz CT molecular complexity index is 763. The zero-order valence-electron chi connectivity index (χ0n) is 11.5. The van der Waals surface area contributed by atoms with Crippen LogP contribution in [0.3, 0.4) is 0 Å². The highest BCUT2D eigenvalue weighted by atomic mass is 15.1. The first-order valence-electron chi connectivity index (χ1n) is 6.55. The summed E-state index contributed by atoms with van der Waals surface area (Å²) in [5.41, 5.74) is 3.78. The number of hydrogen-bond acceptors (Lipinski definition) is 3. The van der Waals surface area contributed by atoms with E-state index in [1.165, 1.54) is 5.70 Å². The molecule has 0 bridgehead atoms. The SMILES string of the molecule is CN(C)C1=CC(c2cc3cccnc3cc2C#N)C=C1. The summed E-state index contributed by atoms with van der Waals surface area (Å²) in [5.74, 6) is 0.159. The van der Waals surface area contributed by atoms with Crippen LogP contribution in [0, 0.1) is 11.3 Å². The number of pyridine rings is 1. The molecule has 3 rings (SSSR count). The summed E-state index contributed by atoms with van der Waals surface area (Å²) in [7, 11) is 4.04. The second-order valence-corrected chi connectivity index (χ2v) is 5.12. The molecule has 1 aliphatic rings. The maximum atomic E-state index is 9.38. The van der Waals surface area contributed by atoms with Crippen LogP contribution in [0.2, 0.25) is 0 Å². The van der Waals surface area contributed by atoms with E-state index in [2.05, 4.69) is 40.2 Å². The smallest absolute Gasteiger partial charge is 0.0995 e. The number of rotatable bonds is 2. The van der Waals surface area contributed by atoms with Gasteiger partial charge in [0.05, 0.1) is 17.1 Å². The molecule has 1 aromatic carbocycles. The van der Waals surface area contributed by atoms with Gasteiger partial charge in [-0.3, -0.25) is 4.98 Å². The van der Waals surface area contributed by atoms with Crippen molar-refractivity contribution >= 4 is 10.9 Å². The molecule has 1 aromatic heterocycles. The van der Waals surface area contributed by atoms with Gasteiger partial charge in [0.25, 0.3) is 0 Å². The zero-order valence-corrected chi connectivity index (χ0v) is 11.5. The normalized spacial score (nSPS) is 17.1. The van der Waals surface area contributed by atoms with Gasteiger partial charge in [0.15, 0.2) is 0 Å². The van der Waals surface area contributed by atoms with Crippen LogP contribution in [0.15, 0.2) is 54.4 Å². The molecule has 1 atom stereocenters. The van der Waals surface area contributed by atoms with Gasteiger partial charge in [-0.25, -0.2) is 0 Å². The Hall–Kier alpha value is -2.60. The highest BCUT2D eigenvalue weighted by molar-refractivity contribution is 5.81. The molecule has 0 radical (unpaired) electrons. The maximum absolute atomic E-state index is 9.38. The third-order valence-corrected chi connectivity index (χ3v) is 3.59. The average molecular weight is 261 g/mol. The second kappa shape index (κ2) is 4.82. The zero-order chi connectivity index (χ0) is 14.1. The van der Waals surface area contributed by atoms with E-state index in [1.807, 2.05) is 32.3 Å². The van der Waals surface area contributed by atoms with E-state index < -0.39 is 0 Å². The Morgan fingerprint density at radius 2 is 2.15 bits per heavy atom. The van der Waals surface area contributed by atoms with Gasteiger partial charge in [0.1, 0.15) is 0 Å². The van der Waals surface area contributed by atoms with Crippen LogP contribution in [0.5, 0.6) is 0 Å². The van der Waals surface area contributed by atoms with Gasteiger partial charge >= 0.3 is 0 Å². The molecule has 3 nitrogen and oxygen atoms in total.